The SMILES string of the molecule is CCc1c(I)c(-c2ccccc2)nn1CC1CCC(COCC(=O)OC(C)(C)C)CC1. The lowest BCUT2D eigenvalue weighted by Gasteiger charge is -2.28. The summed E-state index contributed by atoms with van der Waals surface area (Å²) in [4.78, 5) is 11.8. The molecule has 0 atom stereocenters. The molecular weight excluding hydrogens is 503 g/mol. The Morgan fingerprint density at radius 3 is 2.39 bits per heavy atom. The summed E-state index contributed by atoms with van der Waals surface area (Å²) < 4.78 is 14.5. The molecule has 0 radical (unpaired) electrons. The summed E-state index contributed by atoms with van der Waals surface area (Å²) in [6.07, 6.45) is 5.64. The van der Waals surface area contributed by atoms with E-state index in [1.807, 2.05) is 26.8 Å². The maximum absolute atomic E-state index is 11.8. The van der Waals surface area contributed by atoms with Crippen LogP contribution in [0.4, 0.5) is 0 Å². The van der Waals surface area contributed by atoms with Crippen LogP contribution in [-0.2, 0) is 27.2 Å². The molecule has 1 aliphatic rings. The van der Waals surface area contributed by atoms with E-state index in [9.17, 15) is 4.79 Å². The molecule has 0 saturated heterocycles. The van der Waals surface area contributed by atoms with Crippen LogP contribution in [0.25, 0.3) is 11.3 Å². The van der Waals surface area contributed by atoms with Gasteiger partial charge in [-0.05, 0) is 87.3 Å². The van der Waals surface area contributed by atoms with Crippen molar-refractivity contribution in [2.45, 2.75) is 71.9 Å². The highest BCUT2D eigenvalue weighted by molar-refractivity contribution is 14.1. The van der Waals surface area contributed by atoms with Crippen LogP contribution in [0.1, 0.15) is 59.1 Å². The summed E-state index contributed by atoms with van der Waals surface area (Å²) in [7, 11) is 0. The zero-order chi connectivity index (χ0) is 22.4. The van der Waals surface area contributed by atoms with E-state index in [4.69, 9.17) is 14.6 Å². The van der Waals surface area contributed by atoms with Crippen molar-refractivity contribution in [3.05, 3.63) is 39.6 Å². The van der Waals surface area contributed by atoms with Crippen molar-refractivity contribution in [2.24, 2.45) is 11.8 Å². The summed E-state index contributed by atoms with van der Waals surface area (Å²) in [5.41, 5.74) is 3.16. The molecule has 0 amide bonds. The number of aromatic nitrogens is 2. The molecule has 0 spiro atoms. The number of esters is 1. The minimum atomic E-state index is -0.458. The Hall–Kier alpha value is -1.41. The van der Waals surface area contributed by atoms with Gasteiger partial charge >= 0.3 is 5.97 Å². The van der Waals surface area contributed by atoms with Crippen molar-refractivity contribution in [1.82, 2.24) is 9.78 Å². The number of halogens is 1. The summed E-state index contributed by atoms with van der Waals surface area (Å²) in [5.74, 6) is 0.893. The lowest BCUT2D eigenvalue weighted by atomic mass is 9.82. The molecule has 1 aliphatic carbocycles. The summed E-state index contributed by atoms with van der Waals surface area (Å²) in [6, 6.07) is 10.5. The number of benzene rings is 1. The molecule has 2 aromatic rings. The number of carbonyl (C=O) groups excluding carboxylic acids is 1. The first kappa shape index (κ1) is 24.2. The van der Waals surface area contributed by atoms with Crippen LogP contribution >= 0.6 is 22.6 Å². The van der Waals surface area contributed by atoms with Crippen molar-refractivity contribution in [3.8, 4) is 11.3 Å². The topological polar surface area (TPSA) is 53.4 Å². The maximum atomic E-state index is 11.8. The van der Waals surface area contributed by atoms with Gasteiger partial charge in [0.25, 0.3) is 0 Å². The summed E-state index contributed by atoms with van der Waals surface area (Å²) >= 11 is 2.45. The average Bonchev–Trinajstić information content (AvgIpc) is 3.03. The van der Waals surface area contributed by atoms with E-state index in [1.54, 1.807) is 0 Å². The van der Waals surface area contributed by atoms with Crippen LogP contribution in [0.5, 0.6) is 0 Å². The third-order valence-corrected chi connectivity index (χ3v) is 6.90. The highest BCUT2D eigenvalue weighted by Gasteiger charge is 2.25. The molecule has 0 aliphatic heterocycles. The third kappa shape index (κ3) is 7.04. The second-order valence-corrected chi connectivity index (χ2v) is 10.6. The maximum Gasteiger partial charge on any atom is 0.332 e. The molecule has 0 bridgehead atoms. The number of ether oxygens (including phenoxy) is 2. The van der Waals surface area contributed by atoms with E-state index in [0.717, 1.165) is 31.5 Å². The molecule has 1 aromatic heterocycles. The Morgan fingerprint density at radius 2 is 1.77 bits per heavy atom. The van der Waals surface area contributed by atoms with Gasteiger partial charge in [-0.25, -0.2) is 4.79 Å². The zero-order valence-corrected chi connectivity index (χ0v) is 21.4. The lowest BCUT2D eigenvalue weighted by Crippen LogP contribution is -2.28. The van der Waals surface area contributed by atoms with Crippen LogP contribution in [-0.4, -0.2) is 34.6 Å². The van der Waals surface area contributed by atoms with Crippen molar-refractivity contribution < 1.29 is 14.3 Å². The predicted octanol–water partition coefficient (Wildman–Crippen LogP) is 5.88. The molecule has 5 nitrogen and oxygen atoms in total. The molecule has 170 valence electrons. The van der Waals surface area contributed by atoms with Gasteiger partial charge in [-0.1, -0.05) is 37.3 Å². The second-order valence-electron chi connectivity index (χ2n) is 9.50. The van der Waals surface area contributed by atoms with Gasteiger partial charge < -0.3 is 9.47 Å². The van der Waals surface area contributed by atoms with Crippen molar-refractivity contribution in [3.63, 3.8) is 0 Å². The van der Waals surface area contributed by atoms with Gasteiger partial charge in [0.1, 0.15) is 17.9 Å². The molecular formula is C25H35IN2O3. The largest absolute Gasteiger partial charge is 0.458 e. The number of rotatable bonds is 8. The molecule has 6 heteroatoms. The average molecular weight is 538 g/mol. The fourth-order valence-corrected chi connectivity index (χ4v) is 5.33. The minimum Gasteiger partial charge on any atom is -0.458 e. The van der Waals surface area contributed by atoms with Crippen LogP contribution in [0.2, 0.25) is 0 Å². The van der Waals surface area contributed by atoms with Gasteiger partial charge in [-0.2, -0.15) is 5.10 Å². The Bertz CT molecular complexity index is 850. The van der Waals surface area contributed by atoms with E-state index < -0.39 is 5.60 Å². The van der Waals surface area contributed by atoms with E-state index in [1.165, 1.54) is 27.7 Å². The first-order chi connectivity index (χ1) is 14.8. The van der Waals surface area contributed by atoms with Gasteiger partial charge in [-0.15, -0.1) is 0 Å². The quantitative estimate of drug-likeness (QED) is 0.311. The van der Waals surface area contributed by atoms with Crippen LogP contribution in [0.15, 0.2) is 30.3 Å². The van der Waals surface area contributed by atoms with Gasteiger partial charge in [-0.3, -0.25) is 4.68 Å². The molecule has 31 heavy (non-hydrogen) atoms. The minimum absolute atomic E-state index is 0.0467. The highest BCUT2D eigenvalue weighted by Crippen LogP contribution is 2.32. The first-order valence-electron chi connectivity index (χ1n) is 11.4. The van der Waals surface area contributed by atoms with Crippen LogP contribution in [0, 0.1) is 15.4 Å². The molecule has 1 fully saturated rings. The van der Waals surface area contributed by atoms with Crippen molar-refractivity contribution >= 4 is 28.6 Å². The lowest BCUT2D eigenvalue weighted by molar-refractivity contribution is -0.160. The Morgan fingerprint density at radius 1 is 1.13 bits per heavy atom. The highest BCUT2D eigenvalue weighted by atomic mass is 127. The second kappa shape index (κ2) is 10.9. The summed E-state index contributed by atoms with van der Waals surface area (Å²) in [5, 5.41) is 5.00. The predicted molar refractivity (Wildman–Crippen MR) is 132 cm³/mol. The Kier molecular flexibility index (Phi) is 8.56. The fourth-order valence-electron chi connectivity index (χ4n) is 4.25. The van der Waals surface area contributed by atoms with E-state index in [0.29, 0.717) is 18.4 Å². The number of hydrogen-bond acceptors (Lipinski definition) is 4. The van der Waals surface area contributed by atoms with E-state index >= 15 is 0 Å². The van der Waals surface area contributed by atoms with Crippen molar-refractivity contribution in [2.75, 3.05) is 13.2 Å². The fraction of sp³-hybridized carbons (Fsp3) is 0.600. The molecule has 1 saturated carbocycles. The van der Waals surface area contributed by atoms with Crippen LogP contribution < -0.4 is 0 Å². The molecule has 1 heterocycles. The molecule has 3 rings (SSSR count). The third-order valence-electron chi connectivity index (χ3n) is 5.77. The van der Waals surface area contributed by atoms with Crippen LogP contribution in [0.3, 0.4) is 0 Å². The van der Waals surface area contributed by atoms with Gasteiger partial charge in [0.2, 0.25) is 0 Å². The number of hydrogen-bond donors (Lipinski definition) is 0. The van der Waals surface area contributed by atoms with Crippen molar-refractivity contribution in [1.29, 1.82) is 0 Å². The monoisotopic (exact) mass is 538 g/mol. The number of nitrogens with zero attached hydrogens (tertiary/aromatic N) is 2. The number of carbonyl (C=O) groups is 1. The van der Waals surface area contributed by atoms with E-state index in [-0.39, 0.29) is 12.6 Å². The smallest absolute Gasteiger partial charge is 0.332 e. The molecule has 0 unspecified atom stereocenters. The Balaban J connectivity index is 1.49. The molecule has 0 N–H and O–H groups in total. The zero-order valence-electron chi connectivity index (χ0n) is 19.2. The van der Waals surface area contributed by atoms with E-state index in [2.05, 4.69) is 58.5 Å². The Labute approximate surface area is 200 Å². The summed E-state index contributed by atoms with van der Waals surface area (Å²) in [6.45, 7) is 9.51. The van der Waals surface area contributed by atoms with Gasteiger partial charge in [0, 0.05) is 12.1 Å². The van der Waals surface area contributed by atoms with Gasteiger partial charge in [0.15, 0.2) is 0 Å². The van der Waals surface area contributed by atoms with Gasteiger partial charge in [0.05, 0.1) is 15.9 Å². The first-order valence-corrected chi connectivity index (χ1v) is 12.4. The molecule has 1 aromatic carbocycles. The standard InChI is InChI=1S/C25H35IN2O3/c1-5-21-23(26)24(20-9-7-6-8-10-20)27-28(21)15-18-11-13-19(14-12-18)16-30-17-22(29)31-25(2,3)4/h6-10,18-19H,5,11-17H2,1-4H3. The normalized spacial score (nSPS) is 19.4.